The Hall–Kier alpha value is -3.36. The van der Waals surface area contributed by atoms with E-state index in [1.165, 1.54) is 63.4 Å². The lowest BCUT2D eigenvalue weighted by Crippen LogP contribution is -2.60. The van der Waals surface area contributed by atoms with E-state index in [2.05, 4.69) is 10.6 Å². The summed E-state index contributed by atoms with van der Waals surface area (Å²) in [5.74, 6) is -9.44. The summed E-state index contributed by atoms with van der Waals surface area (Å²) in [6.45, 7) is -0.0300. The monoisotopic (exact) mass is 643 g/mol. The van der Waals surface area contributed by atoms with Crippen LogP contribution in [0.5, 0.6) is 11.5 Å². The number of methoxy groups -OCH3 is 1. The van der Waals surface area contributed by atoms with Crippen LogP contribution in [0.25, 0.3) is 0 Å². The van der Waals surface area contributed by atoms with E-state index in [1.54, 1.807) is 0 Å². The third-order valence-corrected chi connectivity index (χ3v) is 6.15. The second-order valence-electron chi connectivity index (χ2n) is 9.31. The minimum atomic E-state index is -4.98. The minimum absolute atomic E-state index is 0.141. The lowest BCUT2D eigenvalue weighted by molar-refractivity contribution is -0.175. The zero-order valence-electron chi connectivity index (χ0n) is 22.4. The summed E-state index contributed by atoms with van der Waals surface area (Å²) in [7, 11) is 1.39. The van der Waals surface area contributed by atoms with Crippen LogP contribution in [-0.2, 0) is 14.4 Å². The van der Waals surface area contributed by atoms with Crippen LogP contribution in [-0.4, -0.2) is 67.3 Å². The predicted molar refractivity (Wildman–Crippen MR) is 143 cm³/mol. The van der Waals surface area contributed by atoms with Gasteiger partial charge in [-0.15, -0.1) is 0 Å². The Morgan fingerprint density at radius 3 is 2.00 bits per heavy atom. The molecule has 16 heteroatoms. The molecule has 0 saturated heterocycles. The van der Waals surface area contributed by atoms with Crippen molar-refractivity contribution in [1.29, 1.82) is 0 Å². The number of hydrogen-bond acceptors (Lipinski definition) is 6. The molecule has 0 bridgehead atoms. The van der Waals surface area contributed by atoms with Gasteiger partial charge in [-0.25, -0.2) is 0 Å². The number of carbonyl (C=O) groups excluding carboxylic acids is 3. The van der Waals surface area contributed by atoms with Gasteiger partial charge in [-0.05, 0) is 41.8 Å². The van der Waals surface area contributed by atoms with Gasteiger partial charge in [-0.3, -0.25) is 14.4 Å². The number of alkyl halides is 5. The Balaban J connectivity index is 2.27. The largest absolute Gasteiger partial charge is 0.497 e. The summed E-state index contributed by atoms with van der Waals surface area (Å²) in [4.78, 5) is 37.9. The summed E-state index contributed by atoms with van der Waals surface area (Å²) >= 11 is 11.8. The molecule has 2 rings (SSSR count). The summed E-state index contributed by atoms with van der Waals surface area (Å²) in [6.07, 6.45) is -7.91. The molecule has 42 heavy (non-hydrogen) atoms. The maximum atomic E-state index is 14.7. The second kappa shape index (κ2) is 14.7. The first kappa shape index (κ1) is 34.8. The summed E-state index contributed by atoms with van der Waals surface area (Å²) in [6, 6.07) is 6.55. The first-order valence-corrected chi connectivity index (χ1v) is 12.9. The quantitative estimate of drug-likeness (QED) is 0.244. The molecule has 0 saturated carbocycles. The van der Waals surface area contributed by atoms with E-state index >= 15 is 0 Å². The van der Waals surface area contributed by atoms with Gasteiger partial charge >= 0.3 is 12.1 Å². The highest BCUT2D eigenvalue weighted by Crippen LogP contribution is 2.27. The number of nitrogens with one attached hydrogen (secondary N) is 3. The fraction of sp³-hybridized carbons (Fsp3) is 0.423. The molecule has 3 amide bonds. The van der Waals surface area contributed by atoms with Gasteiger partial charge in [0.2, 0.25) is 5.91 Å². The van der Waals surface area contributed by atoms with Crippen molar-refractivity contribution in [2.24, 2.45) is 5.92 Å². The van der Waals surface area contributed by atoms with E-state index in [9.17, 15) is 41.4 Å². The van der Waals surface area contributed by atoms with E-state index in [4.69, 9.17) is 32.7 Å². The highest BCUT2D eigenvalue weighted by Gasteiger charge is 2.52. The fourth-order valence-electron chi connectivity index (χ4n) is 3.58. The first-order valence-electron chi connectivity index (χ1n) is 12.2. The lowest BCUT2D eigenvalue weighted by atomic mass is 9.93. The molecule has 0 aromatic heterocycles. The van der Waals surface area contributed by atoms with Crippen LogP contribution in [0.1, 0.15) is 25.5 Å². The third-order valence-electron chi connectivity index (χ3n) is 5.71. The molecule has 0 radical (unpaired) electrons. The molecule has 0 spiro atoms. The predicted octanol–water partition coefficient (Wildman–Crippen LogP) is 4.05. The molecule has 0 fully saturated rings. The third kappa shape index (κ3) is 10.2. The van der Waals surface area contributed by atoms with Crippen molar-refractivity contribution in [3.63, 3.8) is 0 Å². The fourth-order valence-corrected chi connectivity index (χ4v) is 4.08. The number of benzene rings is 2. The zero-order valence-corrected chi connectivity index (χ0v) is 23.9. The number of hydrogen-bond donors (Lipinski definition) is 4. The van der Waals surface area contributed by atoms with E-state index in [0.29, 0.717) is 5.75 Å². The van der Waals surface area contributed by atoms with Crippen LogP contribution in [0, 0.1) is 5.92 Å². The van der Waals surface area contributed by atoms with Gasteiger partial charge in [0.15, 0.2) is 6.61 Å². The van der Waals surface area contributed by atoms with Gasteiger partial charge in [0, 0.05) is 10.0 Å². The highest BCUT2D eigenvalue weighted by molar-refractivity contribution is 6.34. The Morgan fingerprint density at radius 2 is 1.50 bits per heavy atom. The molecule has 2 aromatic rings. The molecule has 1 unspecified atom stereocenters. The molecule has 9 nitrogen and oxygen atoms in total. The Morgan fingerprint density at radius 1 is 0.929 bits per heavy atom. The molecule has 2 aromatic carbocycles. The molecule has 3 atom stereocenters. The van der Waals surface area contributed by atoms with Crippen LogP contribution in [0.15, 0.2) is 42.5 Å². The van der Waals surface area contributed by atoms with Crippen LogP contribution in [0.4, 0.5) is 22.0 Å². The molecule has 4 N–H and O–H groups in total. The highest BCUT2D eigenvalue weighted by atomic mass is 35.5. The Labute approximate surface area is 247 Å². The molecule has 232 valence electrons. The average Bonchev–Trinajstić information content (AvgIpc) is 2.90. The van der Waals surface area contributed by atoms with Crippen molar-refractivity contribution in [3.05, 3.63) is 58.1 Å². The maximum Gasteiger partial charge on any atom is 0.405 e. The Kier molecular flexibility index (Phi) is 12.2. The zero-order chi connectivity index (χ0) is 31.8. The van der Waals surface area contributed by atoms with Crippen LogP contribution in [0.3, 0.4) is 0 Å². The number of ether oxygens (including phenoxy) is 2. The van der Waals surface area contributed by atoms with Gasteiger partial charge in [-0.2, -0.15) is 22.0 Å². The van der Waals surface area contributed by atoms with Crippen molar-refractivity contribution in [3.8, 4) is 11.5 Å². The van der Waals surface area contributed by atoms with Crippen LogP contribution in [0.2, 0.25) is 10.0 Å². The first-order chi connectivity index (χ1) is 19.4. The molecule has 0 aliphatic rings. The summed E-state index contributed by atoms with van der Waals surface area (Å²) < 4.78 is 77.0. The van der Waals surface area contributed by atoms with E-state index < -0.39 is 67.1 Å². The van der Waals surface area contributed by atoms with Gasteiger partial charge < -0.3 is 30.5 Å². The number of aliphatic hydroxyl groups is 1. The average molecular weight is 644 g/mol. The molecular formula is C26H28Cl2F5N3O6. The number of aliphatic hydroxyl groups excluding tert-OH is 1. The molecule has 0 heterocycles. The summed E-state index contributed by atoms with van der Waals surface area (Å²) in [5.41, 5.74) is 0.166. The van der Waals surface area contributed by atoms with Crippen molar-refractivity contribution >= 4 is 40.9 Å². The number of amides is 3. The number of halogens is 7. The maximum absolute atomic E-state index is 14.7. The van der Waals surface area contributed by atoms with Crippen molar-refractivity contribution in [2.45, 2.75) is 44.1 Å². The topological polar surface area (TPSA) is 126 Å². The normalized spacial score (nSPS) is 14.0. The van der Waals surface area contributed by atoms with Crippen LogP contribution >= 0.6 is 23.2 Å². The minimum Gasteiger partial charge on any atom is -0.497 e. The smallest absolute Gasteiger partial charge is 0.405 e. The standard InChI is InChI=1S/C26H28Cl2F5N3O6/c1-13(2)20(22(38)26(32,33)24(40)34-12-25(29,30)31)36-23(39)21(14-4-6-17(41-3)7-5-14)35-19(37)11-42-18-9-15(27)8-16(28)10-18/h4-10,13,20-22,38H,11-12H2,1-3H3,(H,34,40)(H,35,37)(H,36,39)/t20-,21-,22?/m0/s1. The van der Waals surface area contributed by atoms with Crippen LogP contribution < -0.4 is 25.4 Å². The van der Waals surface area contributed by atoms with Gasteiger partial charge in [0.25, 0.3) is 11.8 Å². The van der Waals surface area contributed by atoms with Gasteiger partial charge in [0.1, 0.15) is 30.2 Å². The SMILES string of the molecule is COc1ccc([C@H](NC(=O)COc2cc(Cl)cc(Cl)c2)C(=O)N[C@@H](C(C)C)C(O)C(F)(F)C(=O)NCC(F)(F)F)cc1. The van der Waals surface area contributed by atoms with E-state index in [1.807, 2.05) is 0 Å². The summed E-state index contributed by atoms with van der Waals surface area (Å²) in [5, 5.41) is 16.4. The van der Waals surface area contributed by atoms with Crippen molar-refractivity contribution in [2.75, 3.05) is 20.3 Å². The van der Waals surface area contributed by atoms with Gasteiger partial charge in [-0.1, -0.05) is 49.2 Å². The number of rotatable bonds is 13. The molecule has 0 aliphatic carbocycles. The lowest BCUT2D eigenvalue weighted by Gasteiger charge is -2.33. The van der Waals surface area contributed by atoms with E-state index in [0.717, 1.165) is 5.32 Å². The van der Waals surface area contributed by atoms with E-state index in [-0.39, 0.29) is 21.4 Å². The molecule has 0 aliphatic heterocycles. The molecular weight excluding hydrogens is 616 g/mol. The van der Waals surface area contributed by atoms with Crippen molar-refractivity contribution in [1.82, 2.24) is 16.0 Å². The Bertz CT molecular complexity index is 1230. The van der Waals surface area contributed by atoms with Gasteiger partial charge in [0.05, 0.1) is 13.2 Å². The second-order valence-corrected chi connectivity index (χ2v) is 10.2. The number of carbonyl (C=O) groups is 3. The van der Waals surface area contributed by atoms with Crippen molar-refractivity contribution < 1.29 is 50.9 Å².